The highest BCUT2D eigenvalue weighted by molar-refractivity contribution is 6.37. The van der Waals surface area contributed by atoms with Gasteiger partial charge in [-0.15, -0.1) is 0 Å². The van der Waals surface area contributed by atoms with Crippen LogP contribution in [0.25, 0.3) is 10.8 Å². The van der Waals surface area contributed by atoms with Crippen LogP contribution in [0.5, 0.6) is 0 Å². The summed E-state index contributed by atoms with van der Waals surface area (Å²) in [6.45, 7) is 1.98. The molecule has 96 valence electrons. The van der Waals surface area contributed by atoms with Gasteiger partial charge in [0.1, 0.15) is 0 Å². The number of aryl methyl sites for hydroxylation is 1. The fourth-order valence-electron chi connectivity index (χ4n) is 1.86. The first-order valence-electron chi connectivity index (χ1n) is 5.77. The highest BCUT2D eigenvalue weighted by Gasteiger charge is 2.17. The van der Waals surface area contributed by atoms with Gasteiger partial charge in [-0.05, 0) is 23.8 Å². The Morgan fingerprint density at radius 1 is 1.00 bits per heavy atom. The maximum absolute atomic E-state index is 11.8. The lowest BCUT2D eigenvalue weighted by Gasteiger charge is -2.03. The summed E-state index contributed by atoms with van der Waals surface area (Å²) in [5, 5.41) is 10.4. The zero-order valence-electron chi connectivity index (χ0n) is 10.3. The topological polar surface area (TPSA) is 71.4 Å². The number of benzene rings is 2. The van der Waals surface area contributed by atoms with Gasteiger partial charge in [-0.2, -0.15) is 0 Å². The fraction of sp³-hybridized carbons (Fsp3) is 0.133. The van der Waals surface area contributed by atoms with Gasteiger partial charge in [-0.3, -0.25) is 9.59 Å². The number of hydrogen-bond donors (Lipinski definition) is 1. The predicted molar refractivity (Wildman–Crippen MR) is 70.3 cm³/mol. The molecule has 0 saturated carbocycles. The zero-order valence-corrected chi connectivity index (χ0v) is 10.3. The monoisotopic (exact) mass is 256 g/mol. The molecular weight excluding hydrogens is 244 g/mol. The Morgan fingerprint density at radius 2 is 1.63 bits per heavy atom. The average molecular weight is 256 g/mol. The Kier molecular flexibility index (Phi) is 3.42. The minimum absolute atomic E-state index is 0.353. The van der Waals surface area contributed by atoms with E-state index in [4.69, 9.17) is 5.11 Å². The van der Waals surface area contributed by atoms with Crippen LogP contribution in [0.3, 0.4) is 0 Å². The molecule has 19 heavy (non-hydrogen) atoms. The minimum Gasteiger partial charge on any atom is -0.475 e. The van der Waals surface area contributed by atoms with Crippen molar-refractivity contribution in [3.8, 4) is 0 Å². The van der Waals surface area contributed by atoms with Gasteiger partial charge < -0.3 is 5.11 Å². The van der Waals surface area contributed by atoms with E-state index in [0.717, 1.165) is 16.3 Å². The van der Waals surface area contributed by atoms with Crippen LogP contribution in [0.1, 0.15) is 22.3 Å². The lowest BCUT2D eigenvalue weighted by molar-refractivity contribution is -0.148. The number of Topliss-reactive ketones (excluding diaryl/α,β-unsaturated/α-hetero) is 2. The van der Waals surface area contributed by atoms with Crippen LogP contribution in [0.2, 0.25) is 0 Å². The molecule has 0 bridgehead atoms. The molecule has 4 heteroatoms. The second-order valence-electron chi connectivity index (χ2n) is 4.39. The molecule has 1 N–H and O–H groups in total. The maximum Gasteiger partial charge on any atom is 0.372 e. The van der Waals surface area contributed by atoms with E-state index in [1.165, 1.54) is 0 Å². The predicted octanol–water partition coefficient (Wildman–Crippen LogP) is 2.37. The normalized spacial score (nSPS) is 10.4. The van der Waals surface area contributed by atoms with Crippen molar-refractivity contribution in [1.29, 1.82) is 0 Å². The summed E-state index contributed by atoms with van der Waals surface area (Å²) in [4.78, 5) is 33.2. The molecule has 0 aliphatic rings. The quantitative estimate of drug-likeness (QED) is 0.518. The van der Waals surface area contributed by atoms with Crippen LogP contribution in [0.15, 0.2) is 36.4 Å². The third-order valence-corrected chi connectivity index (χ3v) is 2.88. The smallest absolute Gasteiger partial charge is 0.372 e. The first-order valence-corrected chi connectivity index (χ1v) is 5.77. The maximum atomic E-state index is 11.8. The van der Waals surface area contributed by atoms with Crippen LogP contribution < -0.4 is 0 Å². The Balaban J connectivity index is 2.31. The molecule has 0 fully saturated rings. The van der Waals surface area contributed by atoms with Crippen molar-refractivity contribution in [2.75, 3.05) is 0 Å². The summed E-state index contributed by atoms with van der Waals surface area (Å²) in [7, 11) is 0. The van der Waals surface area contributed by atoms with E-state index < -0.39 is 24.0 Å². The van der Waals surface area contributed by atoms with Crippen molar-refractivity contribution >= 4 is 28.3 Å². The number of carboxylic acid groups (broad SMARTS) is 1. The summed E-state index contributed by atoms with van der Waals surface area (Å²) < 4.78 is 0. The SMILES string of the molecule is Cc1ccc2cc(C(=O)CC(=O)C(=O)O)ccc2c1. The van der Waals surface area contributed by atoms with Crippen molar-refractivity contribution < 1.29 is 19.5 Å². The number of carboxylic acids is 1. The first-order chi connectivity index (χ1) is 8.97. The molecule has 0 atom stereocenters. The van der Waals surface area contributed by atoms with Crippen molar-refractivity contribution in [3.05, 3.63) is 47.5 Å². The molecule has 0 unspecified atom stereocenters. The van der Waals surface area contributed by atoms with Gasteiger partial charge in [-0.25, -0.2) is 4.79 Å². The van der Waals surface area contributed by atoms with E-state index >= 15 is 0 Å². The van der Waals surface area contributed by atoms with Crippen LogP contribution in [-0.4, -0.2) is 22.6 Å². The van der Waals surface area contributed by atoms with E-state index in [2.05, 4.69) is 0 Å². The van der Waals surface area contributed by atoms with E-state index in [1.807, 2.05) is 25.1 Å². The Morgan fingerprint density at radius 3 is 2.32 bits per heavy atom. The fourth-order valence-corrected chi connectivity index (χ4v) is 1.86. The van der Waals surface area contributed by atoms with Crippen LogP contribution in [0.4, 0.5) is 0 Å². The molecule has 0 aliphatic carbocycles. The highest BCUT2D eigenvalue weighted by Crippen LogP contribution is 2.18. The lowest BCUT2D eigenvalue weighted by atomic mass is 10.0. The molecule has 0 heterocycles. The van der Waals surface area contributed by atoms with Crippen LogP contribution >= 0.6 is 0 Å². The molecule has 2 aromatic carbocycles. The molecule has 0 spiro atoms. The number of ketones is 2. The standard InChI is InChI=1S/C15H12O4/c1-9-2-3-11-7-12(5-4-10(11)6-9)13(16)8-14(17)15(18)19/h2-7H,8H2,1H3,(H,18,19). The first kappa shape index (κ1) is 13.0. The van der Waals surface area contributed by atoms with Gasteiger partial charge in [0, 0.05) is 5.56 Å². The Bertz CT molecular complexity index is 686. The summed E-state index contributed by atoms with van der Waals surface area (Å²) in [6.07, 6.45) is -0.604. The molecule has 0 radical (unpaired) electrons. The van der Waals surface area contributed by atoms with Crippen molar-refractivity contribution in [3.63, 3.8) is 0 Å². The van der Waals surface area contributed by atoms with Gasteiger partial charge in [-0.1, -0.05) is 35.9 Å². The van der Waals surface area contributed by atoms with Gasteiger partial charge in [0.25, 0.3) is 0 Å². The van der Waals surface area contributed by atoms with Crippen molar-refractivity contribution in [2.45, 2.75) is 13.3 Å². The van der Waals surface area contributed by atoms with E-state index in [1.54, 1.807) is 18.2 Å². The summed E-state index contributed by atoms with van der Waals surface area (Å²) in [5.74, 6) is -3.14. The van der Waals surface area contributed by atoms with Gasteiger partial charge >= 0.3 is 5.97 Å². The second kappa shape index (κ2) is 5.02. The number of fused-ring (bicyclic) bond motifs is 1. The third kappa shape index (κ3) is 2.85. The molecule has 0 aromatic heterocycles. The van der Waals surface area contributed by atoms with Crippen molar-refractivity contribution in [2.24, 2.45) is 0 Å². The van der Waals surface area contributed by atoms with Crippen LogP contribution in [-0.2, 0) is 9.59 Å². The molecule has 0 aliphatic heterocycles. The molecule has 2 rings (SSSR count). The van der Waals surface area contributed by atoms with E-state index in [9.17, 15) is 14.4 Å². The lowest BCUT2D eigenvalue weighted by Crippen LogP contribution is -2.17. The number of carbonyl (C=O) groups excluding carboxylic acids is 2. The van der Waals surface area contributed by atoms with Gasteiger partial charge in [0.15, 0.2) is 5.78 Å². The molecular formula is C15H12O4. The van der Waals surface area contributed by atoms with E-state index in [0.29, 0.717) is 5.56 Å². The molecule has 2 aromatic rings. The summed E-state index contributed by atoms with van der Waals surface area (Å²) >= 11 is 0. The molecule has 0 amide bonds. The third-order valence-electron chi connectivity index (χ3n) is 2.88. The average Bonchev–Trinajstić information content (AvgIpc) is 2.37. The number of hydrogen-bond acceptors (Lipinski definition) is 3. The largest absolute Gasteiger partial charge is 0.475 e. The zero-order chi connectivity index (χ0) is 14.0. The Hall–Kier alpha value is -2.49. The molecule has 0 saturated heterocycles. The number of rotatable bonds is 4. The highest BCUT2D eigenvalue weighted by atomic mass is 16.4. The van der Waals surface area contributed by atoms with Crippen LogP contribution in [0, 0.1) is 6.92 Å². The van der Waals surface area contributed by atoms with Crippen molar-refractivity contribution in [1.82, 2.24) is 0 Å². The van der Waals surface area contributed by atoms with Gasteiger partial charge in [0.05, 0.1) is 6.42 Å². The number of aliphatic carboxylic acids is 1. The minimum atomic E-state index is -1.58. The summed E-state index contributed by atoms with van der Waals surface area (Å²) in [6, 6.07) is 10.9. The van der Waals surface area contributed by atoms with E-state index in [-0.39, 0.29) is 0 Å². The molecule has 4 nitrogen and oxygen atoms in total. The van der Waals surface area contributed by atoms with Gasteiger partial charge in [0.2, 0.25) is 5.78 Å². The second-order valence-corrected chi connectivity index (χ2v) is 4.39. The Labute approximate surface area is 109 Å². The number of carbonyl (C=O) groups is 3. The summed E-state index contributed by atoms with van der Waals surface area (Å²) in [5.41, 5.74) is 1.47.